The second-order valence-corrected chi connectivity index (χ2v) is 4.69. The molecule has 0 saturated heterocycles. The topological polar surface area (TPSA) is 72.8 Å². The number of rotatable bonds is 3. The Balaban J connectivity index is 1.81. The van der Waals surface area contributed by atoms with Gasteiger partial charge in [-0.1, -0.05) is 30.3 Å². The molecular formula is C16H14N2O3. The van der Waals surface area contributed by atoms with E-state index in [1.807, 2.05) is 30.3 Å². The van der Waals surface area contributed by atoms with E-state index in [-0.39, 0.29) is 5.56 Å². The Kier molecular flexibility index (Phi) is 3.33. The minimum Gasteiger partial charge on any atom is -0.478 e. The third kappa shape index (κ3) is 2.59. The van der Waals surface area contributed by atoms with E-state index in [0.29, 0.717) is 5.69 Å². The van der Waals surface area contributed by atoms with Crippen LogP contribution in [0.5, 0.6) is 0 Å². The molecule has 1 aliphatic heterocycles. The summed E-state index contributed by atoms with van der Waals surface area (Å²) in [5.74, 6) is -0.973. The van der Waals surface area contributed by atoms with E-state index < -0.39 is 12.2 Å². The van der Waals surface area contributed by atoms with Gasteiger partial charge in [-0.05, 0) is 35.9 Å². The zero-order chi connectivity index (χ0) is 14.8. The molecule has 5 nitrogen and oxygen atoms in total. The number of nitrogens with zero attached hydrogens (tertiary/aromatic N) is 1. The first-order valence-electron chi connectivity index (χ1n) is 6.50. The third-order valence-corrected chi connectivity index (χ3v) is 3.30. The van der Waals surface area contributed by atoms with Crippen molar-refractivity contribution in [1.82, 2.24) is 5.43 Å². The van der Waals surface area contributed by atoms with Crippen LogP contribution in [0.25, 0.3) is 5.70 Å². The number of nitrogens with one attached hydrogen (secondary N) is 1. The van der Waals surface area contributed by atoms with E-state index in [2.05, 4.69) is 5.43 Å². The minimum atomic E-state index is -0.973. The molecule has 0 saturated carbocycles. The lowest BCUT2D eigenvalue weighted by atomic mass is 10.1. The van der Waals surface area contributed by atoms with Crippen LogP contribution >= 0.6 is 0 Å². The van der Waals surface area contributed by atoms with E-state index >= 15 is 0 Å². The van der Waals surface area contributed by atoms with E-state index in [0.717, 1.165) is 11.3 Å². The fourth-order valence-electron chi connectivity index (χ4n) is 2.22. The van der Waals surface area contributed by atoms with Gasteiger partial charge in [-0.15, -0.1) is 0 Å². The van der Waals surface area contributed by atoms with Gasteiger partial charge in [0, 0.05) is 0 Å². The lowest BCUT2D eigenvalue weighted by molar-refractivity contribution is 0.0697. The molecule has 1 aliphatic rings. The Morgan fingerprint density at radius 1 is 1.05 bits per heavy atom. The van der Waals surface area contributed by atoms with Crippen molar-refractivity contribution in [3.8, 4) is 0 Å². The summed E-state index contributed by atoms with van der Waals surface area (Å²) in [7, 11) is 0. The van der Waals surface area contributed by atoms with Crippen molar-refractivity contribution in [2.45, 2.75) is 6.23 Å². The number of aromatic carboxylic acids is 1. The first kappa shape index (κ1) is 13.2. The van der Waals surface area contributed by atoms with Crippen LogP contribution in [-0.2, 0) is 0 Å². The van der Waals surface area contributed by atoms with Gasteiger partial charge in [-0.2, -0.15) is 0 Å². The molecule has 1 heterocycles. The van der Waals surface area contributed by atoms with Crippen LogP contribution in [-0.4, -0.2) is 22.4 Å². The number of hydrazine groups is 1. The molecule has 2 aromatic rings. The van der Waals surface area contributed by atoms with Crippen molar-refractivity contribution >= 4 is 17.4 Å². The monoisotopic (exact) mass is 282 g/mol. The van der Waals surface area contributed by atoms with Crippen LogP contribution in [0.4, 0.5) is 5.69 Å². The first-order valence-corrected chi connectivity index (χ1v) is 6.50. The van der Waals surface area contributed by atoms with Crippen molar-refractivity contribution in [3.63, 3.8) is 0 Å². The Morgan fingerprint density at radius 2 is 1.71 bits per heavy atom. The van der Waals surface area contributed by atoms with Crippen molar-refractivity contribution in [1.29, 1.82) is 0 Å². The highest BCUT2D eigenvalue weighted by Crippen LogP contribution is 2.25. The number of benzene rings is 2. The maximum Gasteiger partial charge on any atom is 0.335 e. The fraction of sp³-hybridized carbons (Fsp3) is 0.0625. The Morgan fingerprint density at radius 3 is 2.33 bits per heavy atom. The maximum atomic E-state index is 10.8. The lowest BCUT2D eigenvalue weighted by Crippen LogP contribution is -2.38. The van der Waals surface area contributed by atoms with Crippen molar-refractivity contribution < 1.29 is 15.0 Å². The second-order valence-electron chi connectivity index (χ2n) is 4.69. The number of anilines is 1. The smallest absolute Gasteiger partial charge is 0.335 e. The molecule has 3 N–H and O–H groups in total. The molecule has 0 bridgehead atoms. The third-order valence-electron chi connectivity index (χ3n) is 3.30. The molecule has 0 aromatic heterocycles. The quantitative estimate of drug-likeness (QED) is 0.803. The van der Waals surface area contributed by atoms with Crippen LogP contribution in [0.3, 0.4) is 0 Å². The number of hydrogen-bond acceptors (Lipinski definition) is 4. The number of aliphatic hydroxyl groups is 1. The van der Waals surface area contributed by atoms with Gasteiger partial charge in [0.25, 0.3) is 0 Å². The van der Waals surface area contributed by atoms with Gasteiger partial charge in [-0.3, -0.25) is 10.4 Å². The summed E-state index contributed by atoms with van der Waals surface area (Å²) < 4.78 is 0. The van der Waals surface area contributed by atoms with Crippen molar-refractivity contribution in [2.24, 2.45) is 0 Å². The highest BCUT2D eigenvalue weighted by atomic mass is 16.4. The average Bonchev–Trinajstić information content (AvgIpc) is 2.90. The van der Waals surface area contributed by atoms with Crippen molar-refractivity contribution in [2.75, 3.05) is 5.01 Å². The first-order chi connectivity index (χ1) is 10.1. The summed E-state index contributed by atoms with van der Waals surface area (Å²) in [6.45, 7) is 0. The summed E-state index contributed by atoms with van der Waals surface area (Å²) in [4.78, 5) is 10.8. The van der Waals surface area contributed by atoms with E-state index in [9.17, 15) is 9.90 Å². The van der Waals surface area contributed by atoms with E-state index in [1.165, 1.54) is 12.1 Å². The molecule has 0 amide bonds. The second kappa shape index (κ2) is 5.30. The highest BCUT2D eigenvalue weighted by Gasteiger charge is 2.23. The summed E-state index contributed by atoms with van der Waals surface area (Å²) in [5, 5.41) is 20.6. The number of hydrogen-bond donors (Lipinski definition) is 3. The molecule has 0 aliphatic carbocycles. The molecule has 0 radical (unpaired) electrons. The van der Waals surface area contributed by atoms with E-state index in [1.54, 1.807) is 23.2 Å². The molecule has 1 atom stereocenters. The normalized spacial score (nSPS) is 17.3. The molecule has 5 heteroatoms. The van der Waals surface area contributed by atoms with Gasteiger partial charge in [0.1, 0.15) is 0 Å². The molecule has 0 fully saturated rings. The van der Waals surface area contributed by atoms with Crippen LogP contribution in [0.2, 0.25) is 0 Å². The lowest BCUT2D eigenvalue weighted by Gasteiger charge is -2.23. The zero-order valence-electron chi connectivity index (χ0n) is 11.1. The summed E-state index contributed by atoms with van der Waals surface area (Å²) in [5.41, 5.74) is 5.80. The van der Waals surface area contributed by atoms with E-state index in [4.69, 9.17) is 5.11 Å². The van der Waals surface area contributed by atoms with Crippen LogP contribution in [0.15, 0.2) is 60.7 Å². The fourth-order valence-corrected chi connectivity index (χ4v) is 2.22. The number of carboxylic acid groups (broad SMARTS) is 1. The summed E-state index contributed by atoms with van der Waals surface area (Å²) in [6.07, 6.45) is 0.899. The zero-order valence-corrected chi connectivity index (χ0v) is 11.1. The minimum absolute atomic E-state index is 0.212. The van der Waals surface area contributed by atoms with Crippen molar-refractivity contribution in [3.05, 3.63) is 71.8 Å². The molecule has 3 rings (SSSR count). The number of carbonyl (C=O) groups is 1. The standard InChI is InChI=1S/C16H14N2O3/c19-15-10-14(11-4-2-1-3-5-11)17-18(15)13-8-6-12(7-9-13)16(20)21/h1-10,15,17,19H,(H,20,21). The predicted molar refractivity (Wildman–Crippen MR) is 79.4 cm³/mol. The Hall–Kier alpha value is -2.79. The molecule has 106 valence electrons. The van der Waals surface area contributed by atoms with Gasteiger partial charge in [0.2, 0.25) is 0 Å². The molecule has 1 unspecified atom stereocenters. The van der Waals surface area contributed by atoms with Gasteiger partial charge in [0.15, 0.2) is 6.23 Å². The van der Waals surface area contributed by atoms with Gasteiger partial charge < -0.3 is 10.2 Å². The SMILES string of the molecule is O=C(O)c1ccc(N2NC(c3ccccc3)=CC2O)cc1. The molecular weight excluding hydrogens is 268 g/mol. The Bertz CT molecular complexity index is 680. The van der Waals surface area contributed by atoms with Crippen LogP contribution < -0.4 is 10.4 Å². The Labute approximate surface area is 121 Å². The van der Waals surface area contributed by atoms with Gasteiger partial charge in [-0.25, -0.2) is 4.79 Å². The highest BCUT2D eigenvalue weighted by molar-refractivity contribution is 5.88. The molecule has 2 aromatic carbocycles. The number of carboxylic acids is 1. The molecule has 0 spiro atoms. The maximum absolute atomic E-state index is 10.8. The number of aliphatic hydroxyl groups excluding tert-OH is 1. The average molecular weight is 282 g/mol. The predicted octanol–water partition coefficient (Wildman–Crippen LogP) is 2.07. The molecule has 21 heavy (non-hydrogen) atoms. The van der Waals surface area contributed by atoms with Crippen LogP contribution in [0, 0.1) is 0 Å². The van der Waals surface area contributed by atoms with Gasteiger partial charge >= 0.3 is 5.97 Å². The summed E-state index contributed by atoms with van der Waals surface area (Å²) >= 11 is 0. The largest absolute Gasteiger partial charge is 0.478 e. The summed E-state index contributed by atoms with van der Waals surface area (Å²) in [6, 6.07) is 16.0. The van der Waals surface area contributed by atoms with Gasteiger partial charge in [0.05, 0.1) is 16.9 Å². The van der Waals surface area contributed by atoms with Crippen LogP contribution in [0.1, 0.15) is 15.9 Å².